The fourth-order valence-electron chi connectivity index (χ4n) is 5.08. The molecule has 6 rings (SSSR count). The zero-order valence-electron chi connectivity index (χ0n) is 16.8. The molecule has 0 spiro atoms. The molecule has 0 unspecified atom stereocenters. The average molecular weight is 461 g/mol. The molecule has 2 bridgehead atoms. The van der Waals surface area contributed by atoms with Gasteiger partial charge < -0.3 is 19.7 Å². The van der Waals surface area contributed by atoms with Gasteiger partial charge in [0.15, 0.2) is 12.7 Å². The van der Waals surface area contributed by atoms with Gasteiger partial charge in [0, 0.05) is 34.1 Å². The van der Waals surface area contributed by atoms with Crippen LogP contribution in [0.25, 0.3) is 0 Å². The van der Waals surface area contributed by atoms with E-state index in [1.54, 1.807) is 48.5 Å². The van der Waals surface area contributed by atoms with Crippen LogP contribution in [0.5, 0.6) is 11.5 Å². The lowest BCUT2D eigenvalue weighted by atomic mass is 9.43. The van der Waals surface area contributed by atoms with Gasteiger partial charge in [-0.2, -0.15) is 0 Å². The summed E-state index contributed by atoms with van der Waals surface area (Å²) in [6.45, 7) is 0.636. The predicted octanol–water partition coefficient (Wildman–Crippen LogP) is 3.84. The van der Waals surface area contributed by atoms with Crippen LogP contribution in [0.3, 0.4) is 0 Å². The van der Waals surface area contributed by atoms with Gasteiger partial charge in [-0.25, -0.2) is 0 Å². The Kier molecular flexibility index (Phi) is 5.02. The van der Waals surface area contributed by atoms with E-state index in [9.17, 15) is 9.59 Å². The van der Waals surface area contributed by atoms with E-state index in [-0.39, 0.29) is 29.5 Å². The minimum Gasteiger partial charge on any atom is -0.484 e. The van der Waals surface area contributed by atoms with Crippen molar-refractivity contribution in [1.82, 2.24) is 10.2 Å². The van der Waals surface area contributed by atoms with E-state index in [1.165, 1.54) is 0 Å². The summed E-state index contributed by atoms with van der Waals surface area (Å²) < 4.78 is 11.4. The zero-order chi connectivity index (χ0) is 21.6. The monoisotopic (exact) mass is 460 g/mol. The van der Waals surface area contributed by atoms with Gasteiger partial charge in [-0.05, 0) is 67.8 Å². The third kappa shape index (κ3) is 3.83. The van der Waals surface area contributed by atoms with E-state index in [0.717, 1.165) is 19.3 Å². The standard InChI is InChI=1S/C23H22Cl2N2O4/c24-15-1-5-17(6-2-15)30-11-20(28)26-22-12-23(13-22,14-22)27-10-9-19(21(27)29)31-18-7-3-16(25)4-8-18/h1-8,19H,9-14H2,(H,26,28)/t19-,22?,23?/m0/s1. The zero-order valence-corrected chi connectivity index (χ0v) is 18.3. The highest BCUT2D eigenvalue weighted by atomic mass is 35.5. The molecule has 1 N–H and O–H groups in total. The van der Waals surface area contributed by atoms with Crippen molar-refractivity contribution in [3.63, 3.8) is 0 Å². The molecule has 2 amide bonds. The molecular formula is C23H22Cl2N2O4. The van der Waals surface area contributed by atoms with Gasteiger partial charge in [0.1, 0.15) is 11.5 Å². The van der Waals surface area contributed by atoms with E-state index in [2.05, 4.69) is 5.32 Å². The molecule has 3 aliphatic carbocycles. The Labute approximate surface area is 190 Å². The number of benzene rings is 2. The van der Waals surface area contributed by atoms with Crippen LogP contribution >= 0.6 is 23.2 Å². The van der Waals surface area contributed by atoms with Crippen molar-refractivity contribution >= 4 is 35.0 Å². The van der Waals surface area contributed by atoms with E-state index in [4.69, 9.17) is 32.7 Å². The molecule has 162 valence electrons. The number of halogens is 2. The fraction of sp³-hybridized carbons (Fsp3) is 0.391. The van der Waals surface area contributed by atoms with Gasteiger partial charge >= 0.3 is 0 Å². The Bertz CT molecular complexity index is 989. The fourth-order valence-corrected chi connectivity index (χ4v) is 5.33. The largest absolute Gasteiger partial charge is 0.484 e. The van der Waals surface area contributed by atoms with Crippen molar-refractivity contribution in [2.45, 2.75) is 42.9 Å². The first-order valence-electron chi connectivity index (χ1n) is 10.3. The number of nitrogens with zero attached hydrogens (tertiary/aromatic N) is 1. The summed E-state index contributed by atoms with van der Waals surface area (Å²) >= 11 is 11.8. The average Bonchev–Trinajstić information content (AvgIpc) is 3.05. The number of carbonyl (C=O) groups is 2. The Morgan fingerprint density at radius 2 is 1.58 bits per heavy atom. The number of hydrogen-bond donors (Lipinski definition) is 1. The lowest BCUT2D eigenvalue weighted by molar-refractivity contribution is -0.188. The Hall–Kier alpha value is -2.44. The second-order valence-electron chi connectivity index (χ2n) is 8.66. The highest BCUT2D eigenvalue weighted by Crippen LogP contribution is 2.64. The van der Waals surface area contributed by atoms with E-state index < -0.39 is 6.10 Å². The van der Waals surface area contributed by atoms with Crippen molar-refractivity contribution in [3.8, 4) is 11.5 Å². The van der Waals surface area contributed by atoms with Gasteiger partial charge in [0.05, 0.1) is 0 Å². The molecule has 4 aliphatic rings. The minimum atomic E-state index is -0.464. The lowest BCUT2D eigenvalue weighted by Gasteiger charge is -2.73. The second kappa shape index (κ2) is 7.61. The Balaban J connectivity index is 1.10. The normalized spacial score (nSPS) is 28.5. The summed E-state index contributed by atoms with van der Waals surface area (Å²) in [5, 5.41) is 4.34. The van der Waals surface area contributed by atoms with Gasteiger partial charge in [-0.3, -0.25) is 9.59 Å². The highest BCUT2D eigenvalue weighted by molar-refractivity contribution is 6.30. The van der Waals surface area contributed by atoms with Crippen LogP contribution in [-0.2, 0) is 9.59 Å². The quantitative estimate of drug-likeness (QED) is 0.681. The number of amides is 2. The first-order chi connectivity index (χ1) is 14.9. The van der Waals surface area contributed by atoms with Crippen molar-refractivity contribution in [3.05, 3.63) is 58.6 Å². The molecule has 31 heavy (non-hydrogen) atoms. The molecule has 1 aliphatic heterocycles. The molecule has 3 saturated carbocycles. The number of likely N-dealkylation sites (tertiary alicyclic amines) is 1. The smallest absolute Gasteiger partial charge is 0.264 e. The first kappa shape index (κ1) is 20.5. The van der Waals surface area contributed by atoms with Gasteiger partial charge in [0.25, 0.3) is 11.8 Å². The molecule has 4 fully saturated rings. The molecule has 8 heteroatoms. The number of nitrogens with one attached hydrogen (secondary N) is 1. The lowest BCUT2D eigenvalue weighted by Crippen LogP contribution is -2.84. The molecule has 1 atom stereocenters. The Morgan fingerprint density at radius 3 is 2.19 bits per heavy atom. The molecule has 1 saturated heterocycles. The molecule has 1 heterocycles. The van der Waals surface area contributed by atoms with Crippen molar-refractivity contribution in [2.24, 2.45) is 0 Å². The molecule has 2 aromatic carbocycles. The summed E-state index contributed by atoms with van der Waals surface area (Å²) in [6.07, 6.45) is 2.55. The maximum atomic E-state index is 12.9. The third-order valence-corrected chi connectivity index (χ3v) is 6.92. The maximum absolute atomic E-state index is 12.9. The molecular weight excluding hydrogens is 439 g/mol. The van der Waals surface area contributed by atoms with Crippen molar-refractivity contribution in [2.75, 3.05) is 13.2 Å². The van der Waals surface area contributed by atoms with Crippen LogP contribution in [0.15, 0.2) is 48.5 Å². The van der Waals surface area contributed by atoms with Crippen LogP contribution in [0.1, 0.15) is 25.7 Å². The highest BCUT2D eigenvalue weighted by Gasteiger charge is 2.72. The number of hydrogen-bond acceptors (Lipinski definition) is 4. The van der Waals surface area contributed by atoms with E-state index in [1.807, 2.05) is 4.90 Å². The molecule has 0 radical (unpaired) electrons. The van der Waals surface area contributed by atoms with Crippen LogP contribution in [0.2, 0.25) is 10.0 Å². The summed E-state index contributed by atoms with van der Waals surface area (Å²) in [5.41, 5.74) is -0.352. The minimum absolute atomic E-state index is 0.0284. The van der Waals surface area contributed by atoms with Crippen molar-refractivity contribution < 1.29 is 19.1 Å². The van der Waals surface area contributed by atoms with Crippen LogP contribution < -0.4 is 14.8 Å². The van der Waals surface area contributed by atoms with E-state index >= 15 is 0 Å². The first-order valence-corrected chi connectivity index (χ1v) is 11.1. The van der Waals surface area contributed by atoms with Crippen LogP contribution in [-0.4, -0.2) is 47.0 Å². The molecule has 2 aromatic rings. The summed E-state index contributed by atoms with van der Waals surface area (Å²) in [7, 11) is 0. The van der Waals surface area contributed by atoms with E-state index in [0.29, 0.717) is 34.5 Å². The maximum Gasteiger partial charge on any atom is 0.264 e. The van der Waals surface area contributed by atoms with Gasteiger partial charge in [0.2, 0.25) is 0 Å². The van der Waals surface area contributed by atoms with Crippen molar-refractivity contribution in [1.29, 1.82) is 0 Å². The van der Waals surface area contributed by atoms with Crippen LogP contribution in [0, 0.1) is 0 Å². The van der Waals surface area contributed by atoms with Gasteiger partial charge in [-0.1, -0.05) is 23.2 Å². The number of rotatable bonds is 7. The SMILES string of the molecule is O=C(COc1ccc(Cl)cc1)NC12CC(N3CC[C@H](Oc4ccc(Cl)cc4)C3=O)(C1)C2. The summed E-state index contributed by atoms with van der Waals surface area (Å²) in [6, 6.07) is 13.9. The van der Waals surface area contributed by atoms with Gasteiger partial charge in [-0.15, -0.1) is 0 Å². The summed E-state index contributed by atoms with van der Waals surface area (Å²) in [4.78, 5) is 27.2. The molecule has 0 aromatic heterocycles. The topological polar surface area (TPSA) is 67.9 Å². The number of carbonyl (C=O) groups excluding carboxylic acids is 2. The number of ether oxygens (including phenoxy) is 2. The summed E-state index contributed by atoms with van der Waals surface area (Å²) in [5.74, 6) is 1.12. The predicted molar refractivity (Wildman–Crippen MR) is 117 cm³/mol. The molecule has 6 nitrogen and oxygen atoms in total. The van der Waals surface area contributed by atoms with Crippen LogP contribution in [0.4, 0.5) is 0 Å². The Morgan fingerprint density at radius 1 is 1.00 bits per heavy atom. The third-order valence-electron chi connectivity index (χ3n) is 6.41. The second-order valence-corrected chi connectivity index (χ2v) is 9.54.